The van der Waals surface area contributed by atoms with Crippen molar-refractivity contribution < 1.29 is 4.39 Å². The van der Waals surface area contributed by atoms with E-state index in [1.807, 2.05) is 19.1 Å². The summed E-state index contributed by atoms with van der Waals surface area (Å²) in [6.07, 6.45) is 23.5. The normalized spacial score (nSPS) is 18.3. The zero-order valence-corrected chi connectivity index (χ0v) is 24.9. The molecule has 4 rings (SSSR count). The largest absolute Gasteiger partial charge is 0.297 e. The van der Waals surface area contributed by atoms with Crippen LogP contribution in [0.4, 0.5) is 4.39 Å². The lowest BCUT2D eigenvalue weighted by atomic mass is 9.84. The number of benzene rings is 2. The molecule has 4 heteroatoms. The maximum absolute atomic E-state index is 15.2. The van der Waals surface area contributed by atoms with Crippen molar-refractivity contribution >= 4 is 7.85 Å². The third kappa shape index (κ3) is 8.43. The molecule has 1 aliphatic rings. The van der Waals surface area contributed by atoms with Crippen LogP contribution < -0.4 is 0 Å². The van der Waals surface area contributed by atoms with Crippen LogP contribution in [0.1, 0.15) is 86.2 Å². The molecule has 2 radical (unpaired) electrons. The summed E-state index contributed by atoms with van der Waals surface area (Å²) >= 11 is 0. The topological polar surface area (TPSA) is 17.8 Å². The number of aromatic nitrogens is 2. The van der Waals surface area contributed by atoms with Crippen LogP contribution in [0.2, 0.25) is 6.32 Å². The van der Waals surface area contributed by atoms with E-state index in [1.165, 1.54) is 41.5 Å². The van der Waals surface area contributed by atoms with Gasteiger partial charge in [-0.1, -0.05) is 118 Å². The molecule has 2 unspecified atom stereocenters. The van der Waals surface area contributed by atoms with Crippen LogP contribution in [-0.2, 0) is 12.2 Å². The quantitative estimate of drug-likeness (QED) is 0.128. The Bertz CT molecular complexity index is 1210. The molecule has 0 N–H and O–H groups in total. The summed E-state index contributed by atoms with van der Waals surface area (Å²) in [4.78, 5) is 4.14. The number of allylic oxidation sites excluding steroid dienone is 6. The summed E-state index contributed by atoms with van der Waals surface area (Å²) in [5.41, 5.74) is 6.55. The number of halogens is 1. The van der Waals surface area contributed by atoms with Crippen molar-refractivity contribution in [3.63, 3.8) is 0 Å². The Labute approximate surface area is 243 Å². The van der Waals surface area contributed by atoms with Gasteiger partial charge in [0.25, 0.3) is 0 Å². The first-order valence-corrected chi connectivity index (χ1v) is 14.9. The predicted molar refractivity (Wildman–Crippen MR) is 170 cm³/mol. The van der Waals surface area contributed by atoms with Gasteiger partial charge in [-0.05, 0) is 67.9 Å². The Morgan fingerprint density at radius 1 is 0.975 bits per heavy atom. The van der Waals surface area contributed by atoms with Crippen LogP contribution in [0.3, 0.4) is 0 Å². The number of nitrogens with zero attached hydrogens (tertiary/aromatic N) is 2. The molecule has 0 saturated heterocycles. The number of imidazole rings is 1. The van der Waals surface area contributed by atoms with Crippen molar-refractivity contribution in [3.05, 3.63) is 125 Å². The molecule has 1 aliphatic carbocycles. The van der Waals surface area contributed by atoms with Crippen LogP contribution in [0.25, 0.3) is 0 Å². The van der Waals surface area contributed by atoms with Gasteiger partial charge < -0.3 is 0 Å². The number of aryl methyl sites for hydroxylation is 3. The number of hydrogen-bond acceptors (Lipinski definition) is 1. The molecule has 0 bridgehead atoms. The fourth-order valence-corrected chi connectivity index (χ4v) is 5.38. The summed E-state index contributed by atoms with van der Waals surface area (Å²) in [6, 6.07) is 17.4. The summed E-state index contributed by atoms with van der Waals surface area (Å²) in [5, 5.41) is 0. The summed E-state index contributed by atoms with van der Waals surface area (Å²) in [5.74, 6) is -1.21. The van der Waals surface area contributed by atoms with Gasteiger partial charge in [0.1, 0.15) is 0 Å². The molecule has 0 spiro atoms. The number of hydrogen-bond donors (Lipinski definition) is 0. The Morgan fingerprint density at radius 2 is 1.65 bits per heavy atom. The zero-order valence-electron chi connectivity index (χ0n) is 24.9. The molecule has 0 saturated carbocycles. The monoisotopic (exact) mass is 536 g/mol. The van der Waals surface area contributed by atoms with E-state index in [1.54, 1.807) is 29.2 Å². The first-order chi connectivity index (χ1) is 19.4. The number of unbranched alkanes of at least 4 members (excludes halogenated alkanes) is 3. The minimum atomic E-state index is -1.47. The Hall–Kier alpha value is -3.14. The average Bonchev–Trinajstić information content (AvgIpc) is 3.44. The van der Waals surface area contributed by atoms with Crippen molar-refractivity contribution in [2.75, 3.05) is 0 Å². The molecule has 2 aromatic carbocycles. The van der Waals surface area contributed by atoms with E-state index in [0.717, 1.165) is 37.7 Å². The highest BCUT2D eigenvalue weighted by molar-refractivity contribution is 6.08. The highest BCUT2D eigenvalue weighted by atomic mass is 19.1. The maximum Gasteiger partial charge on any atom is 0.212 e. The van der Waals surface area contributed by atoms with E-state index in [4.69, 9.17) is 7.85 Å². The molecular weight excluding hydrogens is 490 g/mol. The number of alkyl halides is 1. The first kappa shape index (κ1) is 31.4. The van der Waals surface area contributed by atoms with Crippen LogP contribution in [0.5, 0.6) is 0 Å². The highest BCUT2D eigenvalue weighted by Gasteiger charge is 2.36. The van der Waals surface area contributed by atoms with Crippen LogP contribution >= 0.6 is 0 Å². The van der Waals surface area contributed by atoms with Gasteiger partial charge in [-0.15, -0.1) is 0 Å². The summed E-state index contributed by atoms with van der Waals surface area (Å²) in [7, 11) is 5.56. The second kappa shape index (κ2) is 16.2. The lowest BCUT2D eigenvalue weighted by molar-refractivity contribution is 0.0806. The molecule has 3 aromatic rings. The van der Waals surface area contributed by atoms with Gasteiger partial charge in [0.2, 0.25) is 5.79 Å². The van der Waals surface area contributed by atoms with E-state index in [9.17, 15) is 0 Å². The molecule has 210 valence electrons. The first-order valence-electron chi connectivity index (χ1n) is 14.9. The summed E-state index contributed by atoms with van der Waals surface area (Å²) in [6.45, 7) is 8.50. The van der Waals surface area contributed by atoms with Crippen LogP contribution in [0, 0.1) is 19.8 Å². The van der Waals surface area contributed by atoms with Crippen molar-refractivity contribution in [2.24, 2.45) is 5.92 Å². The molecule has 1 heterocycles. The van der Waals surface area contributed by atoms with Crippen molar-refractivity contribution in [1.29, 1.82) is 0 Å². The molecule has 2 nitrogen and oxygen atoms in total. The Kier molecular flexibility index (Phi) is 12.7. The lowest BCUT2D eigenvalue weighted by Gasteiger charge is -2.31. The second-order valence-corrected chi connectivity index (χ2v) is 10.9. The van der Waals surface area contributed by atoms with Gasteiger partial charge in [0, 0.05) is 23.7 Å². The standard InChI is InChI=1S/C20H23B.C16H23FN2/c1-16-10-5-7-12-18(16)20(14-4-3-9-15-21)19-13-8-6-11-17(19)2;1-3-4-5-6-10-15-12-18-13-19(15)16(17)11-8-7-9-14(16)2/h3-8,10-13,20H,9,14-15H2,1-2H3;7-9,11-14H,3-6,10H2,1-2H3. The Morgan fingerprint density at radius 3 is 2.25 bits per heavy atom. The van der Waals surface area contributed by atoms with E-state index in [0.29, 0.717) is 5.92 Å². The Balaban J connectivity index is 0.000000222. The van der Waals surface area contributed by atoms with E-state index < -0.39 is 5.79 Å². The molecule has 1 aromatic heterocycles. The van der Waals surface area contributed by atoms with Gasteiger partial charge in [-0.25, -0.2) is 9.37 Å². The minimum absolute atomic E-state index is 0.166. The van der Waals surface area contributed by atoms with E-state index in [-0.39, 0.29) is 5.92 Å². The molecule has 0 amide bonds. The molecule has 0 aliphatic heterocycles. The van der Waals surface area contributed by atoms with Crippen LogP contribution in [-0.4, -0.2) is 17.4 Å². The van der Waals surface area contributed by atoms with Crippen LogP contribution in [0.15, 0.2) is 97.5 Å². The molecule has 2 atom stereocenters. The van der Waals surface area contributed by atoms with E-state index >= 15 is 4.39 Å². The second-order valence-electron chi connectivity index (χ2n) is 10.9. The molecular formula is C36H46BFN2. The van der Waals surface area contributed by atoms with Gasteiger partial charge >= 0.3 is 0 Å². The smallest absolute Gasteiger partial charge is 0.212 e. The van der Waals surface area contributed by atoms with E-state index in [2.05, 4.69) is 86.4 Å². The fourth-order valence-electron chi connectivity index (χ4n) is 5.38. The molecule has 0 fully saturated rings. The van der Waals surface area contributed by atoms with Gasteiger partial charge in [0.15, 0.2) is 0 Å². The highest BCUT2D eigenvalue weighted by Crippen LogP contribution is 2.35. The average molecular weight is 537 g/mol. The zero-order chi connectivity index (χ0) is 28.8. The maximum atomic E-state index is 15.2. The van der Waals surface area contributed by atoms with Gasteiger partial charge in [-0.2, -0.15) is 0 Å². The van der Waals surface area contributed by atoms with Crippen molar-refractivity contribution in [3.8, 4) is 0 Å². The predicted octanol–water partition coefficient (Wildman–Crippen LogP) is 9.75. The van der Waals surface area contributed by atoms with Gasteiger partial charge in [0.05, 0.1) is 14.2 Å². The van der Waals surface area contributed by atoms with Crippen molar-refractivity contribution in [1.82, 2.24) is 9.55 Å². The lowest BCUT2D eigenvalue weighted by Crippen LogP contribution is -2.34. The minimum Gasteiger partial charge on any atom is -0.297 e. The third-order valence-electron chi connectivity index (χ3n) is 7.85. The molecule has 40 heavy (non-hydrogen) atoms. The fraction of sp³-hybridized carbons (Fsp3) is 0.417. The van der Waals surface area contributed by atoms with Crippen molar-refractivity contribution in [2.45, 2.75) is 90.7 Å². The summed E-state index contributed by atoms with van der Waals surface area (Å²) < 4.78 is 16.9. The SMILES string of the molecule is CCCCCCc1cncn1C1(F)C=CC=CC1C.[B]CCC=CCC(c1ccccc1C)c1ccccc1C. The third-order valence-corrected chi connectivity index (χ3v) is 7.85. The van der Waals surface area contributed by atoms with Gasteiger partial charge in [-0.3, -0.25) is 4.57 Å². The number of rotatable bonds is 12.